The van der Waals surface area contributed by atoms with Crippen LogP contribution in [0.15, 0.2) is 35.1 Å². The van der Waals surface area contributed by atoms with Crippen molar-refractivity contribution in [1.29, 1.82) is 0 Å². The maximum atomic E-state index is 10.8. The van der Waals surface area contributed by atoms with Gasteiger partial charge in [-0.15, -0.1) is 0 Å². The van der Waals surface area contributed by atoms with E-state index in [4.69, 9.17) is 21.4 Å². The summed E-state index contributed by atoms with van der Waals surface area (Å²) in [5.41, 5.74) is 0.113. The number of aromatic nitrogens is 2. The lowest BCUT2D eigenvalue weighted by Gasteiger charge is -2.06. The first-order chi connectivity index (χ1) is 8.56. The summed E-state index contributed by atoms with van der Waals surface area (Å²) >= 11 is 8.90. The second-order valence-electron chi connectivity index (χ2n) is 3.24. The number of hydrogen-bond donors (Lipinski definition) is 1. The SMILES string of the molecule is O=C(O)c1ccc(Br)c(Oc2ncc(Cl)cn2)c1. The van der Waals surface area contributed by atoms with Gasteiger partial charge in [0.25, 0.3) is 0 Å². The summed E-state index contributed by atoms with van der Waals surface area (Å²) < 4.78 is 5.97. The zero-order valence-corrected chi connectivity index (χ0v) is 11.1. The van der Waals surface area contributed by atoms with Crippen LogP contribution in [-0.4, -0.2) is 21.0 Å². The van der Waals surface area contributed by atoms with Gasteiger partial charge in [-0.2, -0.15) is 0 Å². The van der Waals surface area contributed by atoms with E-state index in [-0.39, 0.29) is 11.6 Å². The van der Waals surface area contributed by atoms with Gasteiger partial charge in [0.1, 0.15) is 5.75 Å². The Morgan fingerprint density at radius 1 is 1.33 bits per heavy atom. The molecule has 1 aromatic heterocycles. The highest BCUT2D eigenvalue weighted by molar-refractivity contribution is 9.10. The van der Waals surface area contributed by atoms with Gasteiger partial charge >= 0.3 is 12.0 Å². The minimum atomic E-state index is -1.04. The number of ether oxygens (including phenoxy) is 1. The van der Waals surface area contributed by atoms with Crippen molar-refractivity contribution >= 4 is 33.5 Å². The molecule has 92 valence electrons. The highest BCUT2D eigenvalue weighted by Crippen LogP contribution is 2.29. The Balaban J connectivity index is 2.30. The summed E-state index contributed by atoms with van der Waals surface area (Å²) in [5.74, 6) is -0.721. The van der Waals surface area contributed by atoms with Crippen molar-refractivity contribution in [3.63, 3.8) is 0 Å². The second-order valence-corrected chi connectivity index (χ2v) is 4.53. The average molecular weight is 330 g/mol. The molecule has 0 saturated heterocycles. The summed E-state index contributed by atoms with van der Waals surface area (Å²) in [6.07, 6.45) is 2.78. The molecule has 0 bridgehead atoms. The van der Waals surface area contributed by atoms with Crippen LogP contribution in [0.1, 0.15) is 10.4 Å². The van der Waals surface area contributed by atoms with Crippen molar-refractivity contribution in [2.24, 2.45) is 0 Å². The number of carbonyl (C=O) groups is 1. The van der Waals surface area contributed by atoms with Gasteiger partial charge in [-0.1, -0.05) is 11.6 Å². The minimum Gasteiger partial charge on any atom is -0.478 e. The van der Waals surface area contributed by atoms with Crippen molar-refractivity contribution in [1.82, 2.24) is 9.97 Å². The molecule has 0 saturated carbocycles. The van der Waals surface area contributed by atoms with Crippen molar-refractivity contribution in [3.8, 4) is 11.8 Å². The third kappa shape index (κ3) is 2.96. The van der Waals surface area contributed by atoms with E-state index in [1.165, 1.54) is 24.5 Å². The molecule has 0 fully saturated rings. The molecule has 0 atom stereocenters. The molecule has 1 N–H and O–H groups in total. The summed E-state index contributed by atoms with van der Waals surface area (Å²) in [7, 11) is 0. The summed E-state index contributed by atoms with van der Waals surface area (Å²) in [6, 6.07) is 4.50. The first-order valence-electron chi connectivity index (χ1n) is 4.74. The van der Waals surface area contributed by atoms with E-state index in [1.807, 2.05) is 0 Å². The molecule has 0 unspecified atom stereocenters. The molecule has 7 heteroatoms. The van der Waals surface area contributed by atoms with Crippen molar-refractivity contribution in [2.75, 3.05) is 0 Å². The predicted molar refractivity (Wildman–Crippen MR) is 68.2 cm³/mol. The van der Waals surface area contributed by atoms with Crippen molar-refractivity contribution < 1.29 is 14.6 Å². The molecule has 2 aromatic rings. The molecule has 0 radical (unpaired) electrons. The highest BCUT2D eigenvalue weighted by Gasteiger charge is 2.10. The van der Waals surface area contributed by atoms with Gasteiger partial charge in [0.2, 0.25) is 0 Å². The minimum absolute atomic E-state index is 0.0858. The largest absolute Gasteiger partial charge is 0.478 e. The van der Waals surface area contributed by atoms with Crippen LogP contribution in [0.25, 0.3) is 0 Å². The fourth-order valence-electron chi connectivity index (χ4n) is 1.17. The Bertz CT molecular complexity index is 589. The quantitative estimate of drug-likeness (QED) is 0.934. The second kappa shape index (κ2) is 5.32. The first-order valence-corrected chi connectivity index (χ1v) is 5.91. The molecular weight excluding hydrogens is 323 g/mol. The van der Waals surface area contributed by atoms with Crippen molar-refractivity contribution in [3.05, 3.63) is 45.7 Å². The summed E-state index contributed by atoms with van der Waals surface area (Å²) in [5, 5.41) is 9.27. The van der Waals surface area contributed by atoms with Gasteiger partial charge in [-0.05, 0) is 34.1 Å². The first kappa shape index (κ1) is 12.8. The van der Waals surface area contributed by atoms with Crippen LogP contribution < -0.4 is 4.74 Å². The van der Waals surface area contributed by atoms with E-state index >= 15 is 0 Å². The predicted octanol–water partition coefficient (Wildman–Crippen LogP) is 3.38. The Morgan fingerprint density at radius 2 is 2.00 bits per heavy atom. The monoisotopic (exact) mass is 328 g/mol. The summed E-state index contributed by atoms with van der Waals surface area (Å²) in [4.78, 5) is 18.6. The third-order valence-electron chi connectivity index (χ3n) is 1.98. The molecule has 1 heterocycles. The van der Waals surface area contributed by atoms with E-state index in [1.54, 1.807) is 6.07 Å². The van der Waals surface area contributed by atoms with E-state index in [0.717, 1.165) is 0 Å². The standard InChI is InChI=1S/C11H6BrClN2O3/c12-8-2-1-6(10(16)17)3-9(8)18-11-14-4-7(13)5-15-11/h1-5H,(H,16,17). The number of benzene rings is 1. The number of halogens is 2. The maximum Gasteiger partial charge on any atom is 0.335 e. The average Bonchev–Trinajstić information content (AvgIpc) is 2.34. The molecule has 0 aliphatic carbocycles. The Kier molecular flexibility index (Phi) is 3.78. The van der Waals surface area contributed by atoms with Gasteiger partial charge in [-0.25, -0.2) is 14.8 Å². The summed E-state index contributed by atoms with van der Waals surface area (Å²) in [6.45, 7) is 0. The van der Waals surface area contributed by atoms with Crippen LogP contribution in [0.2, 0.25) is 5.02 Å². The Hall–Kier alpha value is -1.66. The fourth-order valence-corrected chi connectivity index (χ4v) is 1.59. The van der Waals surface area contributed by atoms with Crippen LogP contribution in [-0.2, 0) is 0 Å². The lowest BCUT2D eigenvalue weighted by molar-refractivity contribution is 0.0696. The zero-order chi connectivity index (χ0) is 13.1. The Labute approximate surface area is 116 Å². The number of nitrogens with zero attached hydrogens (tertiary/aromatic N) is 2. The van der Waals surface area contributed by atoms with Gasteiger partial charge < -0.3 is 9.84 Å². The number of carboxylic acids is 1. The van der Waals surface area contributed by atoms with Crippen LogP contribution in [0, 0.1) is 0 Å². The molecule has 0 spiro atoms. The van der Waals surface area contributed by atoms with E-state index in [9.17, 15) is 4.79 Å². The van der Waals surface area contributed by atoms with Gasteiger partial charge in [0.15, 0.2) is 0 Å². The fraction of sp³-hybridized carbons (Fsp3) is 0. The molecule has 0 aliphatic heterocycles. The molecule has 5 nitrogen and oxygen atoms in total. The molecule has 2 rings (SSSR count). The van der Waals surface area contributed by atoms with Crippen LogP contribution in [0.3, 0.4) is 0 Å². The zero-order valence-electron chi connectivity index (χ0n) is 8.80. The molecule has 18 heavy (non-hydrogen) atoms. The smallest absolute Gasteiger partial charge is 0.335 e. The number of carboxylic acid groups (broad SMARTS) is 1. The number of rotatable bonds is 3. The Morgan fingerprint density at radius 3 is 2.61 bits per heavy atom. The van der Waals surface area contributed by atoms with E-state index in [2.05, 4.69) is 25.9 Å². The number of aromatic carboxylic acids is 1. The van der Waals surface area contributed by atoms with E-state index < -0.39 is 5.97 Å². The molecule has 0 aliphatic rings. The normalized spacial score (nSPS) is 10.1. The lowest BCUT2D eigenvalue weighted by Crippen LogP contribution is -1.98. The lowest BCUT2D eigenvalue weighted by atomic mass is 10.2. The van der Waals surface area contributed by atoms with Crippen LogP contribution in [0.5, 0.6) is 11.8 Å². The molecular formula is C11H6BrClN2O3. The maximum absolute atomic E-state index is 10.8. The molecule has 0 amide bonds. The van der Waals surface area contributed by atoms with Gasteiger partial charge in [0.05, 0.1) is 27.5 Å². The van der Waals surface area contributed by atoms with Crippen LogP contribution >= 0.6 is 27.5 Å². The molecule has 1 aromatic carbocycles. The van der Waals surface area contributed by atoms with Crippen molar-refractivity contribution in [2.45, 2.75) is 0 Å². The van der Waals surface area contributed by atoms with Crippen LogP contribution in [0.4, 0.5) is 0 Å². The number of hydrogen-bond acceptors (Lipinski definition) is 4. The third-order valence-corrected chi connectivity index (χ3v) is 2.83. The topological polar surface area (TPSA) is 72.3 Å². The van der Waals surface area contributed by atoms with Gasteiger partial charge in [-0.3, -0.25) is 0 Å². The van der Waals surface area contributed by atoms with Gasteiger partial charge in [0, 0.05) is 0 Å². The highest BCUT2D eigenvalue weighted by atomic mass is 79.9. The van der Waals surface area contributed by atoms with E-state index in [0.29, 0.717) is 15.2 Å².